The van der Waals surface area contributed by atoms with Gasteiger partial charge in [0.1, 0.15) is 20.3 Å². The molecule has 0 aromatic rings. The zero-order valence-corrected chi connectivity index (χ0v) is 19.8. The monoisotopic (exact) mass is 515 g/mol. The van der Waals surface area contributed by atoms with E-state index in [0.717, 1.165) is 13.0 Å². The molecule has 19 heavy (non-hydrogen) atoms. The van der Waals surface area contributed by atoms with Crippen molar-refractivity contribution in [2.75, 3.05) is 13.6 Å². The van der Waals surface area contributed by atoms with Gasteiger partial charge in [0.15, 0.2) is 0 Å². The summed E-state index contributed by atoms with van der Waals surface area (Å²) in [5.74, 6) is 0. The molecule has 0 aliphatic heterocycles. The molecular weight excluding hydrogens is 497 g/mol. The van der Waals surface area contributed by atoms with Crippen LogP contribution in [0.1, 0.15) is 6.42 Å². The Morgan fingerprint density at radius 1 is 1.05 bits per heavy atom. The molecule has 9 heteroatoms. The summed E-state index contributed by atoms with van der Waals surface area (Å²) >= 11 is 0. The zero-order valence-electron chi connectivity index (χ0n) is 11.7. The second-order valence-corrected chi connectivity index (χ2v) is 68.1. The number of halogens is 6. The normalized spacial score (nSPS) is 15.7. The molecule has 0 aromatic carbocycles. The van der Waals surface area contributed by atoms with E-state index in [1.165, 1.54) is 11.6 Å². The van der Waals surface area contributed by atoms with Gasteiger partial charge in [0.05, 0.1) is 0 Å². The van der Waals surface area contributed by atoms with Crippen LogP contribution in [0, 0.1) is 0 Å². The first-order valence-electron chi connectivity index (χ1n) is 5.51. The quantitative estimate of drug-likeness (QED) is 0.172. The minimum absolute atomic E-state index is 0.931. The average Bonchev–Trinajstić information content (AvgIpc) is 1.90. The number of nitrogens with zero attached hydrogens (tertiary/aromatic N) is 1. The summed E-state index contributed by atoms with van der Waals surface area (Å²) in [6.07, 6.45) is 1.10. The van der Waals surface area contributed by atoms with Crippen LogP contribution in [0.25, 0.3) is 0 Å². The molecule has 0 amide bonds. The first-order valence-corrected chi connectivity index (χ1v) is 28.6. The van der Waals surface area contributed by atoms with Gasteiger partial charge in [0.25, 0.3) is 0 Å². The van der Waals surface area contributed by atoms with Gasteiger partial charge in [-0.3, -0.25) is 0 Å². The molecule has 0 aliphatic rings. The second-order valence-electron chi connectivity index (χ2n) is 5.78. The Morgan fingerprint density at radius 3 is 1.58 bits per heavy atom. The molecule has 0 saturated carbocycles. The molecule has 0 spiro atoms. The van der Waals surface area contributed by atoms with E-state index in [1.54, 1.807) is 0 Å². The molecule has 0 rings (SSSR count). The maximum absolute atomic E-state index is 5.42. The summed E-state index contributed by atoms with van der Waals surface area (Å²) in [7, 11) is 26.0. The van der Waals surface area contributed by atoms with Gasteiger partial charge >= 0.3 is 62.1 Å². The van der Waals surface area contributed by atoms with E-state index < -0.39 is 17.2 Å². The summed E-state index contributed by atoms with van der Waals surface area (Å²) in [6, 6.07) is 1.25. The van der Waals surface area contributed by atoms with Gasteiger partial charge in [-0.1, -0.05) is 31.8 Å². The van der Waals surface area contributed by atoms with Gasteiger partial charge in [-0.15, -0.1) is 0 Å². The maximum atomic E-state index is 5.06. The Labute approximate surface area is 138 Å². The molecule has 0 fully saturated rings. The third kappa shape index (κ3) is 45.0. The van der Waals surface area contributed by atoms with E-state index in [2.05, 4.69) is 32.9 Å². The van der Waals surface area contributed by atoms with Gasteiger partial charge in [-0.25, -0.2) is 4.58 Å². The van der Waals surface area contributed by atoms with Crippen molar-refractivity contribution in [3.63, 3.8) is 0 Å². The van der Waals surface area contributed by atoms with E-state index in [9.17, 15) is 0 Å². The summed E-state index contributed by atoms with van der Waals surface area (Å²) in [5.41, 5.74) is 1.39. The van der Waals surface area contributed by atoms with Crippen LogP contribution in [0.3, 0.4) is 0 Å². The van der Waals surface area contributed by atoms with E-state index in [4.69, 9.17) is 53.0 Å². The van der Waals surface area contributed by atoms with Crippen LogP contribution < -0.4 is 0 Å². The molecular formula is C10H22Cl6NSbSi. The Balaban J connectivity index is 0. The van der Waals surface area contributed by atoms with Crippen LogP contribution in [-0.4, -0.2) is 42.1 Å². The molecule has 0 atom stereocenters. The van der Waals surface area contributed by atoms with Crippen LogP contribution in [0.5, 0.6) is 0 Å². The zero-order chi connectivity index (χ0) is 16.2. The van der Waals surface area contributed by atoms with Crippen LogP contribution in [-0.2, 0) is 0 Å². The molecule has 118 valence electrons. The van der Waals surface area contributed by atoms with Crippen molar-refractivity contribution >= 4 is 76.9 Å². The second kappa shape index (κ2) is 7.17. The van der Waals surface area contributed by atoms with Gasteiger partial charge in [0.2, 0.25) is 0 Å². The summed E-state index contributed by atoms with van der Waals surface area (Å²) < 4.78 is 1.97. The minimum atomic E-state index is -5.42. The van der Waals surface area contributed by atoms with Crippen molar-refractivity contribution in [3.8, 4) is 0 Å². The number of hydrogen-bond acceptors (Lipinski definition) is 0. The van der Waals surface area contributed by atoms with Gasteiger partial charge < -0.3 is 0 Å². The van der Waals surface area contributed by atoms with Gasteiger partial charge in [-0.05, 0) is 6.04 Å². The van der Waals surface area contributed by atoms with Crippen molar-refractivity contribution in [2.24, 2.45) is 0 Å². The third-order valence-corrected chi connectivity index (χ3v) is 3.19. The molecule has 0 aromatic heterocycles. The molecule has 0 N–H and O–H groups in total. The summed E-state index contributed by atoms with van der Waals surface area (Å²) in [6.45, 7) is 16.1. The third-order valence-electron chi connectivity index (χ3n) is 1.63. The van der Waals surface area contributed by atoms with Crippen LogP contribution in [0.2, 0.25) is 25.7 Å². The Hall–Kier alpha value is 2.19. The standard InChI is InChI=1S/C10H22NSi.6ClH.Sb/c1-10(7-8-11(2)3)9-12(4,5)6;;;;;;;/h1-2,7-9H2,3-6H3;6*1H;/q+1;;;;;;;+5/p-6. The van der Waals surface area contributed by atoms with E-state index in [0.29, 0.717) is 0 Å². The summed E-state index contributed by atoms with van der Waals surface area (Å²) in [4.78, 5) is 0. The Kier molecular flexibility index (Phi) is 8.85. The van der Waals surface area contributed by atoms with Crippen LogP contribution in [0.4, 0.5) is 0 Å². The van der Waals surface area contributed by atoms with Gasteiger partial charge in [-0.2, -0.15) is 0 Å². The topological polar surface area (TPSA) is 3.01 Å². The van der Waals surface area contributed by atoms with Crippen LogP contribution in [0.15, 0.2) is 12.2 Å². The van der Waals surface area contributed by atoms with Crippen LogP contribution >= 0.6 is 53.0 Å². The van der Waals surface area contributed by atoms with Crippen molar-refractivity contribution < 1.29 is 4.58 Å². The van der Waals surface area contributed by atoms with Crippen molar-refractivity contribution in [3.05, 3.63) is 12.2 Å². The molecule has 0 bridgehead atoms. The fourth-order valence-corrected chi connectivity index (χ4v) is 2.86. The molecule has 0 aliphatic carbocycles. The van der Waals surface area contributed by atoms with Gasteiger partial charge in [0, 0.05) is 14.5 Å². The number of hydrogen-bond donors (Lipinski definition) is 0. The number of rotatable bonds is 5. The van der Waals surface area contributed by atoms with E-state index in [-0.39, 0.29) is 0 Å². The molecule has 0 saturated heterocycles. The predicted molar refractivity (Wildman–Crippen MR) is 101 cm³/mol. The van der Waals surface area contributed by atoms with E-state index in [1.807, 2.05) is 11.6 Å². The SMILES string of the molecule is C=C(CC[N+](=C)C)C[Si](C)(C)C.[Cl][Sb-]([Cl])([Cl])([Cl])([Cl])[Cl]. The first kappa shape index (κ1) is 23.5. The molecule has 1 nitrogen and oxygen atoms in total. The summed E-state index contributed by atoms with van der Waals surface area (Å²) in [5, 5.41) is 0. The molecule has 0 unspecified atom stereocenters. The van der Waals surface area contributed by atoms with Crippen molar-refractivity contribution in [2.45, 2.75) is 32.1 Å². The average molecular weight is 519 g/mol. The van der Waals surface area contributed by atoms with Crippen molar-refractivity contribution in [1.29, 1.82) is 0 Å². The molecule has 0 radical (unpaired) electrons. The Bertz CT molecular complexity index is 328. The Morgan fingerprint density at radius 2 is 1.37 bits per heavy atom. The fraction of sp³-hybridized carbons (Fsp3) is 0.700. The fourth-order valence-electron chi connectivity index (χ4n) is 1.19. The molecule has 0 heterocycles. The predicted octanol–water partition coefficient (Wildman–Crippen LogP) is 6.37. The van der Waals surface area contributed by atoms with Crippen molar-refractivity contribution in [1.82, 2.24) is 0 Å². The first-order chi connectivity index (χ1) is 7.76. The van der Waals surface area contributed by atoms with E-state index >= 15 is 0 Å².